The van der Waals surface area contributed by atoms with Gasteiger partial charge in [0.1, 0.15) is 11.5 Å². The minimum atomic E-state index is 0. The molecule has 0 saturated carbocycles. The molecular formula is C23H33IN4O3. The first-order chi connectivity index (χ1) is 14.7. The first-order valence-electron chi connectivity index (χ1n) is 10.4. The van der Waals surface area contributed by atoms with Gasteiger partial charge in [0.25, 0.3) is 0 Å². The lowest BCUT2D eigenvalue weighted by atomic mass is 10.1. The average Bonchev–Trinajstić information content (AvgIpc) is 2.78. The second kappa shape index (κ2) is 13.4. The predicted octanol–water partition coefficient (Wildman–Crippen LogP) is 3.11. The zero-order chi connectivity index (χ0) is 21.2. The van der Waals surface area contributed by atoms with Crippen LogP contribution < -0.4 is 15.4 Å². The van der Waals surface area contributed by atoms with E-state index in [9.17, 15) is 5.11 Å². The standard InChI is InChI=1S/C23H32N4O3.HI/c1-3-24-23(26-16-20-14-21(29-2)8-9-22(20)28)25-15-18-6-4-5-7-19(18)17-27-10-12-30-13-11-27;/h4-9,14,28H,3,10-13,15-17H2,1-2H3,(H2,24,25,26);1H. The van der Waals surface area contributed by atoms with Crippen molar-refractivity contribution in [2.75, 3.05) is 40.0 Å². The van der Waals surface area contributed by atoms with Crippen LogP contribution >= 0.6 is 24.0 Å². The zero-order valence-corrected chi connectivity index (χ0v) is 20.6. The van der Waals surface area contributed by atoms with Gasteiger partial charge < -0.3 is 25.2 Å². The summed E-state index contributed by atoms with van der Waals surface area (Å²) in [5, 5.41) is 16.8. The molecule has 170 valence electrons. The Balaban J connectivity index is 0.00000341. The minimum absolute atomic E-state index is 0. The zero-order valence-electron chi connectivity index (χ0n) is 18.3. The number of halogens is 1. The average molecular weight is 540 g/mol. The van der Waals surface area contributed by atoms with E-state index in [1.807, 2.05) is 6.92 Å². The van der Waals surface area contributed by atoms with Gasteiger partial charge in [-0.05, 0) is 36.2 Å². The normalized spacial score (nSPS) is 14.6. The summed E-state index contributed by atoms with van der Waals surface area (Å²) >= 11 is 0. The van der Waals surface area contributed by atoms with Crippen LogP contribution in [-0.2, 0) is 24.4 Å². The Kier molecular flexibility index (Phi) is 10.9. The third-order valence-corrected chi connectivity index (χ3v) is 5.10. The van der Waals surface area contributed by atoms with Crippen molar-refractivity contribution in [1.29, 1.82) is 0 Å². The van der Waals surface area contributed by atoms with Gasteiger partial charge in [0.2, 0.25) is 0 Å². The van der Waals surface area contributed by atoms with E-state index in [4.69, 9.17) is 9.47 Å². The topological polar surface area (TPSA) is 78.4 Å². The molecule has 1 aliphatic rings. The molecule has 2 aromatic carbocycles. The summed E-state index contributed by atoms with van der Waals surface area (Å²) in [7, 11) is 1.61. The van der Waals surface area contributed by atoms with Gasteiger partial charge in [0.15, 0.2) is 5.96 Å². The van der Waals surface area contributed by atoms with E-state index < -0.39 is 0 Å². The van der Waals surface area contributed by atoms with Gasteiger partial charge in [-0.1, -0.05) is 24.3 Å². The lowest BCUT2D eigenvalue weighted by Gasteiger charge is -2.27. The molecule has 0 atom stereocenters. The molecule has 0 spiro atoms. The summed E-state index contributed by atoms with van der Waals surface area (Å²) in [6.07, 6.45) is 0. The molecule has 3 rings (SSSR count). The van der Waals surface area contributed by atoms with E-state index >= 15 is 0 Å². The molecule has 1 aliphatic heterocycles. The number of nitrogens with zero attached hydrogens (tertiary/aromatic N) is 2. The fourth-order valence-corrected chi connectivity index (χ4v) is 3.38. The number of guanidine groups is 1. The third-order valence-electron chi connectivity index (χ3n) is 5.10. The van der Waals surface area contributed by atoms with Gasteiger partial charge in [-0.25, -0.2) is 4.99 Å². The van der Waals surface area contributed by atoms with Crippen LogP contribution in [-0.4, -0.2) is 55.9 Å². The number of ether oxygens (including phenoxy) is 2. The van der Waals surface area contributed by atoms with Crippen molar-refractivity contribution in [3.05, 3.63) is 59.2 Å². The summed E-state index contributed by atoms with van der Waals surface area (Å²) < 4.78 is 10.7. The highest BCUT2D eigenvalue weighted by Gasteiger charge is 2.13. The number of phenolic OH excluding ortho intramolecular Hbond substituents is 1. The summed E-state index contributed by atoms with van der Waals surface area (Å²) in [5.74, 6) is 1.63. The highest BCUT2D eigenvalue weighted by atomic mass is 127. The highest BCUT2D eigenvalue weighted by molar-refractivity contribution is 14.0. The molecule has 0 unspecified atom stereocenters. The van der Waals surface area contributed by atoms with Gasteiger partial charge in [0.05, 0.1) is 26.9 Å². The van der Waals surface area contributed by atoms with Crippen molar-refractivity contribution in [2.24, 2.45) is 4.99 Å². The molecule has 8 heteroatoms. The molecule has 0 aliphatic carbocycles. The summed E-state index contributed by atoms with van der Waals surface area (Å²) in [6, 6.07) is 13.7. The Bertz CT molecular complexity index is 841. The van der Waals surface area contributed by atoms with Gasteiger partial charge >= 0.3 is 0 Å². The van der Waals surface area contributed by atoms with E-state index in [1.165, 1.54) is 11.1 Å². The predicted molar refractivity (Wildman–Crippen MR) is 134 cm³/mol. The van der Waals surface area contributed by atoms with Crippen molar-refractivity contribution in [2.45, 2.75) is 26.6 Å². The third kappa shape index (κ3) is 7.86. The maximum Gasteiger partial charge on any atom is 0.191 e. The SMILES string of the molecule is CCNC(=NCc1cc(OC)ccc1O)NCc1ccccc1CN1CCOCC1.I. The van der Waals surface area contributed by atoms with E-state index in [1.54, 1.807) is 25.3 Å². The summed E-state index contributed by atoms with van der Waals surface area (Å²) in [4.78, 5) is 7.06. The van der Waals surface area contributed by atoms with Crippen LogP contribution in [0.25, 0.3) is 0 Å². The number of hydrogen-bond acceptors (Lipinski definition) is 5. The molecule has 2 aromatic rings. The molecule has 1 heterocycles. The molecule has 3 N–H and O–H groups in total. The number of aromatic hydroxyl groups is 1. The second-order valence-electron chi connectivity index (χ2n) is 7.20. The van der Waals surface area contributed by atoms with Gasteiger partial charge in [-0.15, -0.1) is 24.0 Å². The smallest absolute Gasteiger partial charge is 0.191 e. The number of hydrogen-bond donors (Lipinski definition) is 3. The number of benzene rings is 2. The van der Waals surface area contributed by atoms with Crippen LogP contribution in [0.4, 0.5) is 0 Å². The maximum atomic E-state index is 10.1. The summed E-state index contributed by atoms with van der Waals surface area (Å²) in [6.45, 7) is 8.28. The van der Waals surface area contributed by atoms with Crippen LogP contribution in [0, 0.1) is 0 Å². The van der Waals surface area contributed by atoms with E-state index in [-0.39, 0.29) is 29.7 Å². The van der Waals surface area contributed by atoms with Crippen molar-refractivity contribution in [1.82, 2.24) is 15.5 Å². The van der Waals surface area contributed by atoms with E-state index in [0.29, 0.717) is 24.8 Å². The Labute approximate surface area is 201 Å². The van der Waals surface area contributed by atoms with Gasteiger partial charge in [-0.2, -0.15) is 0 Å². The van der Waals surface area contributed by atoms with Crippen molar-refractivity contribution in [3.63, 3.8) is 0 Å². The molecule has 0 radical (unpaired) electrons. The lowest BCUT2D eigenvalue weighted by molar-refractivity contribution is 0.0341. The van der Waals surface area contributed by atoms with Crippen LogP contribution in [0.2, 0.25) is 0 Å². The molecule has 1 fully saturated rings. The van der Waals surface area contributed by atoms with E-state index in [2.05, 4.69) is 44.8 Å². The van der Waals surface area contributed by atoms with Crippen LogP contribution in [0.3, 0.4) is 0 Å². The van der Waals surface area contributed by atoms with Crippen LogP contribution in [0.5, 0.6) is 11.5 Å². The molecule has 0 bridgehead atoms. The molecule has 7 nitrogen and oxygen atoms in total. The first kappa shape index (κ1) is 25.2. The molecule has 31 heavy (non-hydrogen) atoms. The molecule has 0 amide bonds. The molecular weight excluding hydrogens is 507 g/mol. The Morgan fingerprint density at radius 1 is 1.10 bits per heavy atom. The fourth-order valence-electron chi connectivity index (χ4n) is 3.38. The molecule has 0 aromatic heterocycles. The summed E-state index contributed by atoms with van der Waals surface area (Å²) in [5.41, 5.74) is 3.28. The number of methoxy groups -OCH3 is 1. The minimum Gasteiger partial charge on any atom is -0.508 e. The van der Waals surface area contributed by atoms with Crippen molar-refractivity contribution < 1.29 is 14.6 Å². The highest BCUT2D eigenvalue weighted by Crippen LogP contribution is 2.23. The van der Waals surface area contributed by atoms with Gasteiger partial charge in [0, 0.05) is 38.3 Å². The second-order valence-corrected chi connectivity index (χ2v) is 7.20. The quantitative estimate of drug-likeness (QED) is 0.272. The van der Waals surface area contributed by atoms with Crippen LogP contribution in [0.15, 0.2) is 47.5 Å². The number of nitrogens with one attached hydrogen (secondary N) is 2. The molecule has 1 saturated heterocycles. The monoisotopic (exact) mass is 540 g/mol. The number of aliphatic imine (C=N–C) groups is 1. The number of rotatable bonds is 8. The number of phenols is 1. The van der Waals surface area contributed by atoms with Crippen molar-refractivity contribution >= 4 is 29.9 Å². The lowest BCUT2D eigenvalue weighted by Crippen LogP contribution is -2.38. The fraction of sp³-hybridized carbons (Fsp3) is 0.435. The maximum absolute atomic E-state index is 10.1. The van der Waals surface area contributed by atoms with Crippen molar-refractivity contribution in [3.8, 4) is 11.5 Å². The number of morpholine rings is 1. The largest absolute Gasteiger partial charge is 0.508 e. The van der Waals surface area contributed by atoms with Crippen LogP contribution in [0.1, 0.15) is 23.6 Å². The van der Waals surface area contributed by atoms with E-state index in [0.717, 1.165) is 45.0 Å². The Hall–Kier alpha value is -2.04. The Morgan fingerprint density at radius 3 is 2.55 bits per heavy atom. The van der Waals surface area contributed by atoms with Gasteiger partial charge in [-0.3, -0.25) is 4.90 Å². The first-order valence-corrected chi connectivity index (χ1v) is 10.4. The Morgan fingerprint density at radius 2 is 1.84 bits per heavy atom.